The van der Waals surface area contributed by atoms with E-state index in [4.69, 9.17) is 23.2 Å². The number of hydrogen-bond acceptors (Lipinski definition) is 2. The SMILES string of the molecule is O=C(/C=C/c1ccc(Cl)c(Cl)c1)NC1CCC(CN2CCC(c3cc4ccccc4[nH]3)CC2)CC1. The van der Waals surface area contributed by atoms with Gasteiger partial charge in [0.2, 0.25) is 5.91 Å². The molecule has 35 heavy (non-hydrogen) atoms. The van der Waals surface area contributed by atoms with E-state index in [2.05, 4.69) is 45.5 Å². The molecular formula is C29H33Cl2N3O. The zero-order valence-corrected chi connectivity index (χ0v) is 21.5. The summed E-state index contributed by atoms with van der Waals surface area (Å²) in [4.78, 5) is 18.7. The Bertz CT molecular complexity index is 1150. The second kappa shape index (κ2) is 11.2. The number of fused-ring (bicyclic) bond motifs is 1. The van der Waals surface area contributed by atoms with Gasteiger partial charge in [-0.25, -0.2) is 0 Å². The average Bonchev–Trinajstić information content (AvgIpc) is 3.31. The maximum atomic E-state index is 12.4. The van der Waals surface area contributed by atoms with E-state index in [1.54, 1.807) is 24.3 Å². The van der Waals surface area contributed by atoms with Crippen LogP contribution >= 0.6 is 23.2 Å². The highest BCUT2D eigenvalue weighted by atomic mass is 35.5. The Hall–Kier alpha value is -2.27. The van der Waals surface area contributed by atoms with Crippen LogP contribution in [0.5, 0.6) is 0 Å². The molecule has 5 rings (SSSR count). The lowest BCUT2D eigenvalue weighted by atomic mass is 9.85. The number of nitrogens with one attached hydrogen (secondary N) is 2. The predicted molar refractivity (Wildman–Crippen MR) is 146 cm³/mol. The molecule has 2 aromatic carbocycles. The number of carbonyl (C=O) groups is 1. The molecule has 1 aromatic heterocycles. The van der Waals surface area contributed by atoms with E-state index < -0.39 is 0 Å². The third-order valence-electron chi connectivity index (χ3n) is 7.66. The molecule has 1 amide bonds. The number of aromatic amines is 1. The third-order valence-corrected chi connectivity index (χ3v) is 8.40. The minimum absolute atomic E-state index is 0.0430. The fourth-order valence-electron chi connectivity index (χ4n) is 5.63. The van der Waals surface area contributed by atoms with Crippen molar-refractivity contribution in [1.82, 2.24) is 15.2 Å². The Kier molecular flexibility index (Phi) is 7.81. The number of H-pyrrole nitrogens is 1. The van der Waals surface area contributed by atoms with Crippen LogP contribution in [-0.4, -0.2) is 41.5 Å². The molecule has 2 heterocycles. The fraction of sp³-hybridized carbons (Fsp3) is 0.414. The first-order valence-corrected chi connectivity index (χ1v) is 13.5. The molecule has 184 valence electrons. The first-order valence-electron chi connectivity index (χ1n) is 12.8. The summed E-state index contributed by atoms with van der Waals surface area (Å²) < 4.78 is 0. The summed E-state index contributed by atoms with van der Waals surface area (Å²) in [6, 6.07) is 16.5. The largest absolute Gasteiger partial charge is 0.358 e. The molecule has 0 atom stereocenters. The zero-order valence-electron chi connectivity index (χ0n) is 20.0. The molecule has 1 saturated heterocycles. The Balaban J connectivity index is 1.03. The van der Waals surface area contributed by atoms with Crippen molar-refractivity contribution in [1.29, 1.82) is 0 Å². The van der Waals surface area contributed by atoms with Crippen molar-refractivity contribution in [2.45, 2.75) is 50.5 Å². The molecule has 2 N–H and O–H groups in total. The Morgan fingerprint density at radius 3 is 2.49 bits per heavy atom. The Morgan fingerprint density at radius 2 is 1.74 bits per heavy atom. The van der Waals surface area contributed by atoms with Crippen LogP contribution in [-0.2, 0) is 4.79 Å². The molecule has 0 bridgehead atoms. The van der Waals surface area contributed by atoms with Gasteiger partial charge < -0.3 is 15.2 Å². The van der Waals surface area contributed by atoms with E-state index in [0.29, 0.717) is 16.0 Å². The van der Waals surface area contributed by atoms with E-state index in [1.165, 1.54) is 61.9 Å². The van der Waals surface area contributed by atoms with Gasteiger partial charge >= 0.3 is 0 Å². The van der Waals surface area contributed by atoms with E-state index in [1.807, 2.05) is 6.07 Å². The van der Waals surface area contributed by atoms with Gasteiger partial charge in [-0.15, -0.1) is 0 Å². The minimum Gasteiger partial charge on any atom is -0.358 e. The third kappa shape index (κ3) is 6.30. The standard InChI is InChI=1S/C29H33Cl2N3O/c30-25-11-7-20(17-26(25)31)8-12-29(35)32-24-9-5-21(6-10-24)19-34-15-13-22(14-16-34)28-18-23-3-1-2-4-27(23)33-28/h1-4,7-8,11-12,17-18,21-22,24,33H,5-6,9-10,13-16,19H2,(H,32,35)/b12-8+. The molecule has 4 nitrogen and oxygen atoms in total. The van der Waals surface area contributed by atoms with Crippen molar-refractivity contribution in [3.05, 3.63) is 75.9 Å². The summed E-state index contributed by atoms with van der Waals surface area (Å²) in [6.45, 7) is 3.55. The van der Waals surface area contributed by atoms with Crippen molar-refractivity contribution in [2.75, 3.05) is 19.6 Å². The topological polar surface area (TPSA) is 48.1 Å². The van der Waals surface area contributed by atoms with Crippen molar-refractivity contribution in [2.24, 2.45) is 5.92 Å². The Morgan fingerprint density at radius 1 is 0.971 bits per heavy atom. The highest BCUT2D eigenvalue weighted by molar-refractivity contribution is 6.42. The number of piperidine rings is 1. The number of halogens is 2. The average molecular weight is 511 g/mol. The fourth-order valence-corrected chi connectivity index (χ4v) is 5.94. The molecule has 1 saturated carbocycles. The normalized spacial score (nSPS) is 22.1. The first kappa shape index (κ1) is 24.4. The lowest BCUT2D eigenvalue weighted by molar-refractivity contribution is -0.117. The molecule has 3 aromatic rings. The van der Waals surface area contributed by atoms with Crippen molar-refractivity contribution in [3.63, 3.8) is 0 Å². The number of hydrogen-bond donors (Lipinski definition) is 2. The number of likely N-dealkylation sites (tertiary alicyclic amines) is 1. The molecular weight excluding hydrogens is 477 g/mol. The molecule has 0 unspecified atom stereocenters. The Labute approximate surface area is 217 Å². The number of para-hydroxylation sites is 1. The molecule has 0 radical (unpaired) electrons. The van der Waals surface area contributed by atoms with Gasteiger partial charge in [0.1, 0.15) is 0 Å². The van der Waals surface area contributed by atoms with Crippen LogP contribution in [0.3, 0.4) is 0 Å². The van der Waals surface area contributed by atoms with E-state index in [-0.39, 0.29) is 11.9 Å². The lowest BCUT2D eigenvalue weighted by Gasteiger charge is -2.36. The summed E-state index contributed by atoms with van der Waals surface area (Å²) in [5.41, 5.74) is 3.51. The monoisotopic (exact) mass is 509 g/mol. The maximum absolute atomic E-state index is 12.4. The number of amides is 1. The molecule has 6 heteroatoms. The molecule has 2 aliphatic rings. The van der Waals surface area contributed by atoms with Gasteiger partial charge in [-0.1, -0.05) is 47.5 Å². The van der Waals surface area contributed by atoms with Gasteiger partial charge in [-0.2, -0.15) is 0 Å². The van der Waals surface area contributed by atoms with Crippen LogP contribution in [0.15, 0.2) is 54.6 Å². The first-order chi connectivity index (χ1) is 17.0. The van der Waals surface area contributed by atoms with Gasteiger partial charge in [0.05, 0.1) is 10.0 Å². The van der Waals surface area contributed by atoms with Gasteiger partial charge in [0.15, 0.2) is 0 Å². The van der Waals surface area contributed by atoms with Crippen LogP contribution in [0.1, 0.15) is 55.7 Å². The quantitative estimate of drug-likeness (QED) is 0.350. The summed E-state index contributed by atoms with van der Waals surface area (Å²) >= 11 is 12.0. The summed E-state index contributed by atoms with van der Waals surface area (Å²) in [7, 11) is 0. The summed E-state index contributed by atoms with van der Waals surface area (Å²) in [6.07, 6.45) is 10.3. The number of rotatable bonds is 6. The van der Waals surface area contributed by atoms with Crippen molar-refractivity contribution >= 4 is 46.1 Å². The van der Waals surface area contributed by atoms with Gasteiger partial charge in [0.25, 0.3) is 0 Å². The van der Waals surface area contributed by atoms with E-state index in [0.717, 1.165) is 24.3 Å². The van der Waals surface area contributed by atoms with Crippen molar-refractivity contribution in [3.8, 4) is 0 Å². The zero-order chi connectivity index (χ0) is 24.2. The van der Waals surface area contributed by atoms with Crippen LogP contribution in [0.25, 0.3) is 17.0 Å². The molecule has 1 aliphatic heterocycles. The predicted octanol–water partition coefficient (Wildman–Crippen LogP) is 7.04. The molecule has 0 spiro atoms. The van der Waals surface area contributed by atoms with Gasteiger partial charge in [0, 0.05) is 35.8 Å². The van der Waals surface area contributed by atoms with Crippen molar-refractivity contribution < 1.29 is 4.79 Å². The molecule has 1 aliphatic carbocycles. The highest BCUT2D eigenvalue weighted by Crippen LogP contribution is 2.32. The highest BCUT2D eigenvalue weighted by Gasteiger charge is 2.27. The van der Waals surface area contributed by atoms with Crippen LogP contribution in [0, 0.1) is 5.92 Å². The van der Waals surface area contributed by atoms with Crippen LogP contribution in [0.4, 0.5) is 0 Å². The number of carbonyl (C=O) groups excluding carboxylic acids is 1. The second-order valence-corrected chi connectivity index (χ2v) is 10.9. The van der Waals surface area contributed by atoms with E-state index in [9.17, 15) is 4.79 Å². The van der Waals surface area contributed by atoms with E-state index >= 15 is 0 Å². The number of benzene rings is 2. The number of aromatic nitrogens is 1. The van der Waals surface area contributed by atoms with Gasteiger partial charge in [-0.3, -0.25) is 4.79 Å². The van der Waals surface area contributed by atoms with Crippen LogP contribution in [0.2, 0.25) is 10.0 Å². The lowest BCUT2D eigenvalue weighted by Crippen LogP contribution is -2.41. The smallest absolute Gasteiger partial charge is 0.244 e. The minimum atomic E-state index is -0.0430. The molecule has 2 fully saturated rings. The number of nitrogens with zero attached hydrogens (tertiary/aromatic N) is 1. The summed E-state index contributed by atoms with van der Waals surface area (Å²) in [5.74, 6) is 1.33. The second-order valence-electron chi connectivity index (χ2n) is 10.1. The van der Waals surface area contributed by atoms with Crippen LogP contribution < -0.4 is 5.32 Å². The maximum Gasteiger partial charge on any atom is 0.244 e. The summed E-state index contributed by atoms with van der Waals surface area (Å²) in [5, 5.41) is 5.50. The van der Waals surface area contributed by atoms with Gasteiger partial charge in [-0.05, 0) is 98.8 Å².